The first-order valence-electron chi connectivity index (χ1n) is 15.0. The van der Waals surface area contributed by atoms with Crippen LogP contribution in [0.3, 0.4) is 0 Å². The number of carbonyl (C=O) groups excluding carboxylic acids is 2. The molecule has 4 heterocycles. The molecular formula is C31H39FN6O4Si. The molecule has 43 heavy (non-hydrogen) atoms. The van der Waals surface area contributed by atoms with Gasteiger partial charge in [-0.1, -0.05) is 42.5 Å². The van der Waals surface area contributed by atoms with E-state index in [2.05, 4.69) is 15.6 Å². The molecule has 2 aromatic carbocycles. The number of piperazine rings is 1. The van der Waals surface area contributed by atoms with Crippen LogP contribution >= 0.6 is 0 Å². The summed E-state index contributed by atoms with van der Waals surface area (Å²) in [7, 11) is -3.29. The third-order valence-corrected chi connectivity index (χ3v) is 11.6. The van der Waals surface area contributed by atoms with E-state index in [1.165, 1.54) is 0 Å². The van der Waals surface area contributed by atoms with Gasteiger partial charge in [0.1, 0.15) is 0 Å². The molecule has 3 aliphatic heterocycles. The van der Waals surface area contributed by atoms with E-state index in [1.54, 1.807) is 33.8 Å². The molecule has 10 nitrogen and oxygen atoms in total. The van der Waals surface area contributed by atoms with Crippen molar-refractivity contribution in [2.45, 2.75) is 63.2 Å². The molecule has 2 N–H and O–H groups in total. The van der Waals surface area contributed by atoms with Crippen LogP contribution in [-0.2, 0) is 39.4 Å². The lowest BCUT2D eigenvalue weighted by Crippen LogP contribution is -2.48. The Morgan fingerprint density at radius 2 is 2.00 bits per heavy atom. The Kier molecular flexibility index (Phi) is 7.96. The number of carbonyl (C=O) groups is 2. The number of aliphatic hydroxyl groups is 1. The lowest BCUT2D eigenvalue weighted by Gasteiger charge is -2.31. The fraction of sp³-hybridized carbons (Fsp3) is 0.484. The molecule has 2 fully saturated rings. The van der Waals surface area contributed by atoms with Crippen LogP contribution in [0.15, 0.2) is 54.7 Å². The molecule has 3 aromatic rings. The van der Waals surface area contributed by atoms with E-state index < -0.39 is 25.7 Å². The second kappa shape index (κ2) is 11.6. The van der Waals surface area contributed by atoms with Crippen LogP contribution in [0.5, 0.6) is 0 Å². The van der Waals surface area contributed by atoms with Crippen molar-refractivity contribution < 1.29 is 23.5 Å². The molecule has 2 saturated heterocycles. The van der Waals surface area contributed by atoms with Gasteiger partial charge in [0, 0.05) is 61.6 Å². The zero-order chi connectivity index (χ0) is 30.4. The minimum absolute atomic E-state index is 0.00957. The maximum absolute atomic E-state index is 16.1. The van der Waals surface area contributed by atoms with E-state index in [4.69, 9.17) is 4.74 Å². The minimum atomic E-state index is -3.29. The first-order chi connectivity index (χ1) is 20.6. The maximum Gasteiger partial charge on any atom is 0.264 e. The summed E-state index contributed by atoms with van der Waals surface area (Å²) in [6, 6.07) is 15.4. The van der Waals surface area contributed by atoms with Crippen molar-refractivity contribution in [2.24, 2.45) is 5.92 Å². The smallest absolute Gasteiger partial charge is 0.264 e. The second-order valence-electron chi connectivity index (χ2n) is 12.3. The topological polar surface area (TPSA) is 113 Å². The number of hydrogen-bond acceptors (Lipinski definition) is 7. The van der Waals surface area contributed by atoms with Crippen molar-refractivity contribution in [3.05, 3.63) is 71.5 Å². The number of rotatable bonds is 9. The summed E-state index contributed by atoms with van der Waals surface area (Å²) in [5, 5.41) is 20.6. The largest absolute Gasteiger partial charge is 0.396 e. The molecule has 3 aliphatic rings. The Morgan fingerprint density at radius 3 is 2.77 bits per heavy atom. The minimum Gasteiger partial charge on any atom is -0.396 e. The van der Waals surface area contributed by atoms with Gasteiger partial charge in [-0.2, -0.15) is 0 Å². The van der Waals surface area contributed by atoms with Crippen LogP contribution in [0.2, 0.25) is 18.6 Å². The quantitative estimate of drug-likeness (QED) is 0.284. The number of nitrogens with zero attached hydrogens (tertiary/aromatic N) is 5. The number of ether oxygens (including phenoxy) is 1. The van der Waals surface area contributed by atoms with Crippen LogP contribution < -0.4 is 15.1 Å². The van der Waals surface area contributed by atoms with Gasteiger partial charge >= 0.3 is 0 Å². The number of nitrogens with one attached hydrogen (secondary N) is 1. The number of benzene rings is 2. The first kappa shape index (κ1) is 29.6. The molecule has 0 radical (unpaired) electrons. The number of aliphatic hydroxyl groups excluding tert-OH is 1. The van der Waals surface area contributed by atoms with E-state index in [0.717, 1.165) is 29.0 Å². The molecule has 1 aromatic heterocycles. The molecule has 2 amide bonds. The van der Waals surface area contributed by atoms with E-state index in [9.17, 15) is 14.7 Å². The Bertz CT molecular complexity index is 1510. The zero-order valence-corrected chi connectivity index (χ0v) is 25.9. The van der Waals surface area contributed by atoms with E-state index in [1.807, 2.05) is 55.5 Å². The molecule has 1 spiro atoms. The Morgan fingerprint density at radius 1 is 1.19 bits per heavy atom. The predicted octanol–water partition coefficient (Wildman–Crippen LogP) is 3.16. The van der Waals surface area contributed by atoms with Crippen LogP contribution in [-0.4, -0.2) is 72.7 Å². The summed E-state index contributed by atoms with van der Waals surface area (Å²) in [6.07, 6.45) is 2.21. The molecule has 0 saturated carbocycles. The highest BCUT2D eigenvalue weighted by molar-refractivity contribution is 6.72. The SMILES string of the molecule is C[C@@H]1[C@@H]([Si](C)(C)F)[C@H](CCn2cc(CCO)nn2)O[C@@]12C(=O)N(Cc1cccc(N3CCNCC3=O)c1)c1ccccc12. The maximum atomic E-state index is 16.1. The highest BCUT2D eigenvalue weighted by atomic mass is 28.4. The molecule has 228 valence electrons. The average Bonchev–Trinajstić information content (AvgIpc) is 3.63. The molecule has 6 rings (SSSR count). The van der Waals surface area contributed by atoms with Crippen molar-refractivity contribution >= 4 is 31.6 Å². The van der Waals surface area contributed by atoms with Crippen LogP contribution in [0.1, 0.15) is 30.2 Å². The van der Waals surface area contributed by atoms with Gasteiger partial charge < -0.3 is 29.1 Å². The summed E-state index contributed by atoms with van der Waals surface area (Å²) < 4.78 is 24.6. The molecule has 4 atom stereocenters. The van der Waals surface area contributed by atoms with Crippen LogP contribution in [0.25, 0.3) is 0 Å². The zero-order valence-electron chi connectivity index (χ0n) is 24.9. The van der Waals surface area contributed by atoms with Crippen molar-refractivity contribution in [2.75, 3.05) is 36.0 Å². The Hall–Kier alpha value is -3.45. The van der Waals surface area contributed by atoms with Gasteiger partial charge in [-0.25, -0.2) is 0 Å². The van der Waals surface area contributed by atoms with E-state index in [0.29, 0.717) is 44.7 Å². The van der Waals surface area contributed by atoms with Gasteiger partial charge in [0.15, 0.2) is 5.60 Å². The second-order valence-corrected chi connectivity index (χ2v) is 16.1. The number of anilines is 2. The number of aryl methyl sites for hydroxylation is 1. The van der Waals surface area contributed by atoms with Gasteiger partial charge in [0.05, 0.1) is 30.6 Å². The number of hydrogen-bond donors (Lipinski definition) is 2. The molecule has 0 aliphatic carbocycles. The van der Waals surface area contributed by atoms with Crippen molar-refractivity contribution in [1.82, 2.24) is 20.3 Å². The normalized spacial score (nSPS) is 25.7. The molecule has 0 bridgehead atoms. The fourth-order valence-corrected chi connectivity index (χ4v) is 9.79. The summed E-state index contributed by atoms with van der Waals surface area (Å²) in [6.45, 7) is 7.73. The first-order valence-corrected chi connectivity index (χ1v) is 18.0. The molecule has 12 heteroatoms. The Balaban J connectivity index is 1.30. The number of para-hydroxylation sites is 1. The van der Waals surface area contributed by atoms with E-state index in [-0.39, 0.29) is 24.3 Å². The van der Waals surface area contributed by atoms with Crippen LogP contribution in [0, 0.1) is 5.92 Å². The highest BCUT2D eigenvalue weighted by Gasteiger charge is 2.66. The highest BCUT2D eigenvalue weighted by Crippen LogP contribution is 2.60. The van der Waals surface area contributed by atoms with Crippen molar-refractivity contribution in [1.29, 1.82) is 0 Å². The lowest BCUT2D eigenvalue weighted by molar-refractivity contribution is -0.146. The number of aromatic nitrogens is 3. The third kappa shape index (κ3) is 5.30. The average molecular weight is 607 g/mol. The van der Waals surface area contributed by atoms with E-state index >= 15 is 4.11 Å². The fourth-order valence-electron chi connectivity index (χ4n) is 7.25. The van der Waals surface area contributed by atoms with Crippen molar-refractivity contribution in [3.63, 3.8) is 0 Å². The van der Waals surface area contributed by atoms with Gasteiger partial charge in [0.25, 0.3) is 5.91 Å². The summed E-state index contributed by atoms with van der Waals surface area (Å²) in [5.41, 5.74) is 2.24. The summed E-state index contributed by atoms with van der Waals surface area (Å²) >= 11 is 0. The van der Waals surface area contributed by atoms with Gasteiger partial charge in [-0.3, -0.25) is 14.3 Å². The third-order valence-electron chi connectivity index (χ3n) is 9.12. The number of amides is 2. The van der Waals surface area contributed by atoms with Crippen molar-refractivity contribution in [3.8, 4) is 0 Å². The van der Waals surface area contributed by atoms with Crippen LogP contribution in [0.4, 0.5) is 15.5 Å². The summed E-state index contributed by atoms with van der Waals surface area (Å²) in [5.74, 6) is -0.543. The van der Waals surface area contributed by atoms with Gasteiger partial charge in [-0.05, 0) is 43.3 Å². The number of fused-ring (bicyclic) bond motifs is 2. The Labute approximate surface area is 252 Å². The lowest BCUT2D eigenvalue weighted by atomic mass is 9.82. The van der Waals surface area contributed by atoms with Gasteiger partial charge in [0.2, 0.25) is 14.3 Å². The predicted molar refractivity (Wildman–Crippen MR) is 163 cm³/mol. The standard InChI is InChI=1S/C31H39FN6O4Si/c1-21-29(43(2,3)32)27(11-14-36-20-23(12-16-39)34-35-36)42-31(21)25-9-4-5-10-26(25)38(30(31)41)19-22-7-6-8-24(17-22)37-15-13-33-18-28(37)40/h4-10,17,20-21,27,29,33,39H,11-16,18-19H2,1-3H3/t21-,27+,29-,31+/m1/s1. The monoisotopic (exact) mass is 606 g/mol. The summed E-state index contributed by atoms with van der Waals surface area (Å²) in [4.78, 5) is 30.6. The van der Waals surface area contributed by atoms with Gasteiger partial charge in [-0.15, -0.1) is 5.10 Å². The molecular weight excluding hydrogens is 567 g/mol. The number of halogens is 1. The molecule has 0 unspecified atom stereocenters.